The van der Waals surface area contributed by atoms with Gasteiger partial charge in [0.25, 0.3) is 0 Å². The van der Waals surface area contributed by atoms with Gasteiger partial charge < -0.3 is 5.73 Å². The summed E-state index contributed by atoms with van der Waals surface area (Å²) < 4.78 is 0. The maximum atomic E-state index is 11.1. The van der Waals surface area contributed by atoms with E-state index in [2.05, 4.69) is 12.6 Å². The largest absolute Gasteiger partial charge is 0.321 e. The Morgan fingerprint density at radius 3 is 2.40 bits per heavy atom. The summed E-state index contributed by atoms with van der Waals surface area (Å²) in [5, 5.41) is 0. The van der Waals surface area contributed by atoms with Crippen LogP contribution < -0.4 is 5.73 Å². The molecule has 0 spiro atoms. The highest BCUT2D eigenvalue weighted by Gasteiger charge is 2.15. The van der Waals surface area contributed by atoms with Crippen molar-refractivity contribution in [3.05, 3.63) is 0 Å². The SMILES string of the molecule is CC(C)C(=O)[C@@H](N)CCS. The van der Waals surface area contributed by atoms with Crippen LogP contribution in [-0.2, 0) is 4.79 Å². The molecular formula is C7H15NOS. The van der Waals surface area contributed by atoms with Crippen LogP contribution in [0.3, 0.4) is 0 Å². The van der Waals surface area contributed by atoms with E-state index < -0.39 is 0 Å². The van der Waals surface area contributed by atoms with Crippen LogP contribution in [-0.4, -0.2) is 17.6 Å². The molecule has 10 heavy (non-hydrogen) atoms. The Hall–Kier alpha value is -0.0200. The highest BCUT2D eigenvalue weighted by atomic mass is 32.1. The lowest BCUT2D eigenvalue weighted by atomic mass is 10.0. The van der Waals surface area contributed by atoms with Crippen LogP contribution in [0, 0.1) is 5.92 Å². The van der Waals surface area contributed by atoms with Crippen LogP contribution in [0.5, 0.6) is 0 Å². The van der Waals surface area contributed by atoms with Crippen molar-refractivity contribution in [2.45, 2.75) is 26.3 Å². The molecule has 0 saturated carbocycles. The van der Waals surface area contributed by atoms with Gasteiger partial charge in [-0.3, -0.25) is 4.79 Å². The second-order valence-corrected chi connectivity index (χ2v) is 3.12. The van der Waals surface area contributed by atoms with Gasteiger partial charge in [-0.05, 0) is 12.2 Å². The second-order valence-electron chi connectivity index (χ2n) is 2.68. The van der Waals surface area contributed by atoms with Crippen molar-refractivity contribution >= 4 is 18.4 Å². The van der Waals surface area contributed by atoms with Gasteiger partial charge in [0, 0.05) is 5.92 Å². The van der Waals surface area contributed by atoms with Gasteiger partial charge in [-0.2, -0.15) is 12.6 Å². The van der Waals surface area contributed by atoms with Crippen molar-refractivity contribution in [1.29, 1.82) is 0 Å². The van der Waals surface area contributed by atoms with E-state index in [-0.39, 0.29) is 17.7 Å². The van der Waals surface area contributed by atoms with Crippen LogP contribution >= 0.6 is 12.6 Å². The molecule has 0 unspecified atom stereocenters. The Kier molecular flexibility index (Phi) is 4.73. The van der Waals surface area contributed by atoms with Crippen LogP contribution in [0.15, 0.2) is 0 Å². The molecule has 0 heterocycles. The molecule has 0 aliphatic carbocycles. The van der Waals surface area contributed by atoms with Gasteiger partial charge >= 0.3 is 0 Å². The molecule has 0 aliphatic heterocycles. The molecule has 0 aromatic heterocycles. The fourth-order valence-electron chi connectivity index (χ4n) is 0.709. The van der Waals surface area contributed by atoms with Crippen LogP contribution in [0.1, 0.15) is 20.3 Å². The molecule has 0 amide bonds. The molecule has 0 aliphatic rings. The quantitative estimate of drug-likeness (QED) is 0.600. The summed E-state index contributed by atoms with van der Waals surface area (Å²) in [5.41, 5.74) is 5.53. The van der Waals surface area contributed by atoms with E-state index in [0.29, 0.717) is 12.2 Å². The predicted molar refractivity (Wildman–Crippen MR) is 46.3 cm³/mol. The van der Waals surface area contributed by atoms with Crippen molar-refractivity contribution in [2.75, 3.05) is 5.75 Å². The Morgan fingerprint density at radius 1 is 1.60 bits per heavy atom. The molecule has 3 heteroatoms. The van der Waals surface area contributed by atoms with E-state index in [1.807, 2.05) is 13.8 Å². The first-order valence-corrected chi connectivity index (χ1v) is 4.13. The van der Waals surface area contributed by atoms with Gasteiger partial charge in [-0.25, -0.2) is 0 Å². The number of rotatable bonds is 4. The summed E-state index contributed by atoms with van der Waals surface area (Å²) in [6, 6.07) is -0.308. The first kappa shape index (κ1) is 9.98. The number of carbonyl (C=O) groups is 1. The Balaban J connectivity index is 3.71. The minimum absolute atomic E-state index is 0.0508. The fraction of sp³-hybridized carbons (Fsp3) is 0.857. The van der Waals surface area contributed by atoms with Crippen molar-refractivity contribution in [3.63, 3.8) is 0 Å². The topological polar surface area (TPSA) is 43.1 Å². The normalized spacial score (nSPS) is 13.7. The average Bonchev–Trinajstić information content (AvgIpc) is 1.87. The molecule has 0 rings (SSSR count). The highest BCUT2D eigenvalue weighted by Crippen LogP contribution is 2.01. The van der Waals surface area contributed by atoms with Crippen molar-refractivity contribution < 1.29 is 4.79 Å². The minimum atomic E-state index is -0.308. The number of nitrogens with two attached hydrogens (primary N) is 1. The Morgan fingerprint density at radius 2 is 2.10 bits per heavy atom. The summed E-state index contributed by atoms with van der Waals surface area (Å²) in [4.78, 5) is 11.1. The summed E-state index contributed by atoms with van der Waals surface area (Å²) >= 11 is 3.99. The molecule has 0 aromatic carbocycles. The van der Waals surface area contributed by atoms with E-state index in [9.17, 15) is 4.79 Å². The zero-order valence-electron chi connectivity index (χ0n) is 6.50. The maximum Gasteiger partial charge on any atom is 0.152 e. The molecule has 60 valence electrons. The molecule has 0 bridgehead atoms. The first-order chi connectivity index (χ1) is 4.59. The zero-order valence-corrected chi connectivity index (χ0v) is 7.40. The van der Waals surface area contributed by atoms with Gasteiger partial charge in [0.05, 0.1) is 6.04 Å². The van der Waals surface area contributed by atoms with Crippen molar-refractivity contribution in [1.82, 2.24) is 0 Å². The molecule has 2 N–H and O–H groups in total. The smallest absolute Gasteiger partial charge is 0.152 e. The van der Waals surface area contributed by atoms with E-state index in [1.54, 1.807) is 0 Å². The Bertz CT molecular complexity index is 114. The third kappa shape index (κ3) is 3.22. The number of ketones is 1. The van der Waals surface area contributed by atoms with E-state index >= 15 is 0 Å². The molecular weight excluding hydrogens is 146 g/mol. The van der Waals surface area contributed by atoms with Gasteiger partial charge in [0.1, 0.15) is 0 Å². The zero-order chi connectivity index (χ0) is 8.15. The van der Waals surface area contributed by atoms with Crippen LogP contribution in [0.2, 0.25) is 0 Å². The monoisotopic (exact) mass is 161 g/mol. The van der Waals surface area contributed by atoms with Crippen LogP contribution in [0.4, 0.5) is 0 Å². The standard InChI is InChI=1S/C7H15NOS/c1-5(2)7(9)6(8)3-4-10/h5-6,10H,3-4,8H2,1-2H3/t6-/m0/s1. The minimum Gasteiger partial charge on any atom is -0.321 e. The number of hydrogen-bond acceptors (Lipinski definition) is 3. The summed E-state index contributed by atoms with van der Waals surface area (Å²) in [5.74, 6) is 0.864. The van der Waals surface area contributed by atoms with Crippen molar-refractivity contribution in [3.8, 4) is 0 Å². The van der Waals surface area contributed by atoms with Crippen molar-refractivity contribution in [2.24, 2.45) is 11.7 Å². The van der Waals surface area contributed by atoms with E-state index in [0.717, 1.165) is 0 Å². The molecule has 0 radical (unpaired) electrons. The second kappa shape index (κ2) is 4.74. The number of carbonyl (C=O) groups excluding carboxylic acids is 1. The lowest BCUT2D eigenvalue weighted by Gasteiger charge is -2.10. The summed E-state index contributed by atoms with van der Waals surface area (Å²) in [6.45, 7) is 3.72. The van der Waals surface area contributed by atoms with E-state index in [4.69, 9.17) is 5.73 Å². The molecule has 0 fully saturated rings. The highest BCUT2D eigenvalue weighted by molar-refractivity contribution is 7.80. The summed E-state index contributed by atoms with van der Waals surface area (Å²) in [7, 11) is 0. The summed E-state index contributed by atoms with van der Waals surface area (Å²) in [6.07, 6.45) is 0.681. The average molecular weight is 161 g/mol. The van der Waals surface area contributed by atoms with Gasteiger partial charge in [0.2, 0.25) is 0 Å². The van der Waals surface area contributed by atoms with Crippen LogP contribution in [0.25, 0.3) is 0 Å². The van der Waals surface area contributed by atoms with E-state index in [1.165, 1.54) is 0 Å². The first-order valence-electron chi connectivity index (χ1n) is 3.49. The molecule has 0 aromatic rings. The number of thiol groups is 1. The lowest BCUT2D eigenvalue weighted by molar-refractivity contribution is -0.123. The molecule has 1 atom stereocenters. The maximum absolute atomic E-state index is 11.1. The van der Waals surface area contributed by atoms with Gasteiger partial charge in [-0.15, -0.1) is 0 Å². The fourth-order valence-corrected chi connectivity index (χ4v) is 0.988. The molecule has 2 nitrogen and oxygen atoms in total. The predicted octanol–water partition coefficient (Wildman–Crippen LogP) is 0.859. The number of Topliss-reactive ketones (excluding diaryl/α,β-unsaturated/α-hetero) is 1. The Labute approximate surface area is 67.6 Å². The van der Waals surface area contributed by atoms with Gasteiger partial charge in [-0.1, -0.05) is 13.8 Å². The molecule has 0 saturated heterocycles. The third-order valence-electron chi connectivity index (χ3n) is 1.37. The lowest BCUT2D eigenvalue weighted by Crippen LogP contribution is -2.33. The van der Waals surface area contributed by atoms with Gasteiger partial charge in [0.15, 0.2) is 5.78 Å². The third-order valence-corrected chi connectivity index (χ3v) is 1.63. The number of hydrogen-bond donors (Lipinski definition) is 2.